The molecular formula is C62H110N2O. The minimum absolute atomic E-state index is 0. The summed E-state index contributed by atoms with van der Waals surface area (Å²) in [7, 11) is 2.17. The quantitative estimate of drug-likeness (QED) is 0.0509. The lowest BCUT2D eigenvalue weighted by molar-refractivity contribution is -0.116. The summed E-state index contributed by atoms with van der Waals surface area (Å²) >= 11 is 0. The van der Waals surface area contributed by atoms with Gasteiger partial charge in [-0.25, -0.2) is 0 Å². The minimum atomic E-state index is -0.0599. The van der Waals surface area contributed by atoms with Crippen LogP contribution in [0.4, 0.5) is 0 Å². The second kappa shape index (κ2) is 44.6. The molecule has 1 fully saturated rings. The van der Waals surface area contributed by atoms with Gasteiger partial charge in [-0.05, 0) is 197 Å². The lowest BCUT2D eigenvalue weighted by Crippen LogP contribution is -2.21. The third-order valence-electron chi connectivity index (χ3n) is 12.1. The first-order chi connectivity index (χ1) is 30.8. The molecule has 65 heavy (non-hydrogen) atoms. The van der Waals surface area contributed by atoms with Crippen LogP contribution in [0.15, 0.2) is 94.1 Å². The summed E-state index contributed by atoms with van der Waals surface area (Å²) in [5.74, 6) is 5.01. The highest BCUT2D eigenvalue weighted by atomic mass is 16.1. The number of Topliss-reactive ketones (excluding diaryl/α,β-unsaturated/α-hetero) is 1. The number of nitrogens with zero attached hydrogens (tertiary/aromatic N) is 1. The number of hydrogen-bond acceptors (Lipinski definition) is 3. The van der Waals surface area contributed by atoms with E-state index in [2.05, 4.69) is 139 Å². The molecule has 5 unspecified atom stereocenters. The van der Waals surface area contributed by atoms with Crippen molar-refractivity contribution in [2.45, 2.75) is 240 Å². The molecule has 3 aliphatic rings. The van der Waals surface area contributed by atoms with Gasteiger partial charge < -0.3 is 10.2 Å². The van der Waals surface area contributed by atoms with Gasteiger partial charge in [-0.3, -0.25) is 4.79 Å². The maximum absolute atomic E-state index is 12.3. The number of ketones is 1. The minimum Gasteiger partial charge on any atom is -0.388 e. The Hall–Kier alpha value is -3.27. The number of hydrogen-bond donors (Lipinski definition) is 1. The maximum atomic E-state index is 12.3. The fourth-order valence-corrected chi connectivity index (χ4v) is 8.74. The van der Waals surface area contributed by atoms with Crippen LogP contribution >= 0.6 is 0 Å². The molecule has 0 spiro atoms. The number of unbranched alkanes of at least 4 members (excludes halogenated alkanes) is 2. The maximum Gasteiger partial charge on any atom is 0.134 e. The van der Waals surface area contributed by atoms with Crippen LogP contribution in [0.2, 0.25) is 0 Å². The molecule has 0 aromatic heterocycles. The largest absolute Gasteiger partial charge is 0.388 e. The number of allylic oxidation sites excluding steroid dienone is 10. The summed E-state index contributed by atoms with van der Waals surface area (Å²) in [6.45, 7) is 40.6. The molecule has 0 aliphatic heterocycles. The van der Waals surface area contributed by atoms with Crippen molar-refractivity contribution in [3.8, 4) is 12.3 Å². The SMILES string of the molecule is C.C#C/C(CC)=C(\C)CCC(C)CCCCCC(C)N/C=C(\C)CC1CC=C=C(CC(C)=O)C2(/C3=C/CC=C=CCC3=C)CC2C1.C/C=C\CC.CC.CC.CC.CCCN(C)CCC. The van der Waals surface area contributed by atoms with Crippen molar-refractivity contribution in [2.75, 3.05) is 20.1 Å². The predicted octanol–water partition coefficient (Wildman–Crippen LogP) is 18.9. The third kappa shape index (κ3) is 30.6. The van der Waals surface area contributed by atoms with E-state index in [4.69, 9.17) is 6.42 Å². The van der Waals surface area contributed by atoms with Crippen LogP contribution in [0.5, 0.6) is 0 Å². The molecule has 0 heterocycles. The third-order valence-corrected chi connectivity index (χ3v) is 12.1. The molecule has 0 saturated heterocycles. The first-order valence-electron chi connectivity index (χ1n) is 26.4. The first-order valence-corrected chi connectivity index (χ1v) is 26.4. The van der Waals surface area contributed by atoms with Crippen LogP contribution in [-0.2, 0) is 4.79 Å². The summed E-state index contributed by atoms with van der Waals surface area (Å²) in [4.78, 5) is 14.6. The van der Waals surface area contributed by atoms with Crippen LogP contribution in [0.1, 0.15) is 234 Å². The van der Waals surface area contributed by atoms with Crippen molar-refractivity contribution < 1.29 is 4.79 Å². The molecule has 1 saturated carbocycles. The summed E-state index contributed by atoms with van der Waals surface area (Å²) in [5.41, 5.74) is 14.6. The Balaban J connectivity index is -0.000000789. The van der Waals surface area contributed by atoms with E-state index in [-0.39, 0.29) is 18.6 Å². The van der Waals surface area contributed by atoms with E-state index in [0.29, 0.717) is 24.3 Å². The summed E-state index contributed by atoms with van der Waals surface area (Å²) < 4.78 is 0. The molecule has 0 aromatic rings. The lowest BCUT2D eigenvalue weighted by Gasteiger charge is -2.28. The van der Waals surface area contributed by atoms with Gasteiger partial charge >= 0.3 is 0 Å². The van der Waals surface area contributed by atoms with E-state index in [1.807, 2.05) is 48.5 Å². The van der Waals surface area contributed by atoms with Gasteiger partial charge in [-0.2, -0.15) is 0 Å². The highest BCUT2D eigenvalue weighted by Crippen LogP contribution is 2.67. The van der Waals surface area contributed by atoms with Crippen molar-refractivity contribution in [1.29, 1.82) is 0 Å². The Bertz CT molecular complexity index is 1520. The van der Waals surface area contributed by atoms with Gasteiger partial charge in [0.25, 0.3) is 0 Å². The van der Waals surface area contributed by atoms with Crippen molar-refractivity contribution in [2.24, 2.45) is 23.2 Å². The fourth-order valence-electron chi connectivity index (χ4n) is 8.74. The lowest BCUT2D eigenvalue weighted by atomic mass is 9.75. The Kier molecular flexibility index (Phi) is 46.8. The standard InChI is InChI=1S/C43H61NO.C7H17N.C5H10.3C2H6.CH4/c1-9-39(10-2)34(5)26-25-32(3)19-14-13-16-21-36(7)44-31-33(4)27-38-22-18-23-40(28-37(8)45)43(30-41(43)29-38)42-24-17-12-11-15-20-35(42)6;1-4-6-8(3)7-5-2;1-3-5-4-2;3*1-2;/h1,12,15,18,24,31-32,36,38,41,44H,6,10,13-14,16-17,19-22,25-30H2,2-5,7-8H3;4-7H2,1-3H3;3,5H,4H2,1-2H3;3*1-2H3;1H4/b33-31+,39-34-,42-24+;;5-3-;;;;. The van der Waals surface area contributed by atoms with E-state index in [1.54, 1.807) is 6.92 Å². The summed E-state index contributed by atoms with van der Waals surface area (Å²) in [6.07, 6.45) is 41.0. The van der Waals surface area contributed by atoms with E-state index >= 15 is 0 Å². The zero-order valence-corrected chi connectivity index (χ0v) is 45.6. The topological polar surface area (TPSA) is 32.3 Å². The Morgan fingerprint density at radius 1 is 0.969 bits per heavy atom. The number of nitrogens with one attached hydrogen (secondary N) is 1. The van der Waals surface area contributed by atoms with Crippen molar-refractivity contribution in [3.05, 3.63) is 94.1 Å². The zero-order valence-electron chi connectivity index (χ0n) is 45.6. The molecule has 1 N–H and O–H groups in total. The molecular weight excluding hydrogens is 789 g/mol. The van der Waals surface area contributed by atoms with Crippen LogP contribution in [0, 0.1) is 35.5 Å². The van der Waals surface area contributed by atoms with Gasteiger partial charge in [0.05, 0.1) is 0 Å². The monoisotopic (exact) mass is 899 g/mol. The molecule has 3 aliphatic carbocycles. The number of carbonyl (C=O) groups excluding carboxylic acids is 1. The van der Waals surface area contributed by atoms with Crippen molar-refractivity contribution in [1.82, 2.24) is 10.2 Å². The zero-order chi connectivity index (χ0) is 49.3. The Morgan fingerprint density at radius 2 is 1.60 bits per heavy atom. The number of rotatable bonds is 22. The number of terminal acetylenes is 1. The number of carbonyl (C=O) groups is 1. The molecule has 0 amide bonds. The second-order valence-electron chi connectivity index (χ2n) is 17.7. The van der Waals surface area contributed by atoms with Crippen molar-refractivity contribution >= 4 is 5.78 Å². The van der Waals surface area contributed by atoms with Gasteiger partial charge in [-0.1, -0.05) is 151 Å². The van der Waals surface area contributed by atoms with E-state index in [0.717, 1.165) is 57.3 Å². The van der Waals surface area contributed by atoms with E-state index in [1.165, 1.54) is 104 Å². The molecule has 3 rings (SSSR count). The molecule has 5 atom stereocenters. The van der Waals surface area contributed by atoms with Crippen LogP contribution < -0.4 is 5.32 Å². The highest BCUT2D eigenvalue weighted by Gasteiger charge is 2.59. The molecule has 0 aromatic carbocycles. The average molecular weight is 900 g/mol. The fraction of sp³-hybridized carbons (Fsp3) is 0.694. The second-order valence-corrected chi connectivity index (χ2v) is 17.7. The van der Waals surface area contributed by atoms with E-state index < -0.39 is 0 Å². The van der Waals surface area contributed by atoms with Crippen LogP contribution in [-0.4, -0.2) is 36.9 Å². The van der Waals surface area contributed by atoms with E-state index in [9.17, 15) is 4.79 Å². The Morgan fingerprint density at radius 3 is 2.14 bits per heavy atom. The molecule has 0 bridgehead atoms. The smallest absolute Gasteiger partial charge is 0.134 e. The summed E-state index contributed by atoms with van der Waals surface area (Å²) in [5, 5.41) is 3.70. The average Bonchev–Trinajstić information content (AvgIpc) is 3.98. The summed E-state index contributed by atoms with van der Waals surface area (Å²) in [6, 6.07) is 0.493. The van der Waals surface area contributed by atoms with Crippen LogP contribution in [0.3, 0.4) is 0 Å². The predicted molar refractivity (Wildman–Crippen MR) is 298 cm³/mol. The van der Waals surface area contributed by atoms with Gasteiger partial charge in [-0.15, -0.1) is 17.9 Å². The molecule has 3 nitrogen and oxygen atoms in total. The normalized spacial score (nSPS) is 20.4. The van der Waals surface area contributed by atoms with Crippen LogP contribution in [0.25, 0.3) is 0 Å². The highest BCUT2D eigenvalue weighted by molar-refractivity contribution is 5.79. The molecule has 0 radical (unpaired) electrons. The van der Waals surface area contributed by atoms with Crippen molar-refractivity contribution in [3.63, 3.8) is 0 Å². The molecule has 374 valence electrons. The first kappa shape index (κ1) is 68.3. The van der Waals surface area contributed by atoms with Gasteiger partial charge in [0.15, 0.2) is 0 Å². The van der Waals surface area contributed by atoms with Gasteiger partial charge in [0.2, 0.25) is 0 Å². The van der Waals surface area contributed by atoms with Gasteiger partial charge in [0, 0.05) is 23.5 Å². The van der Waals surface area contributed by atoms with Gasteiger partial charge in [0.1, 0.15) is 5.78 Å². The molecule has 3 heteroatoms. The number of fused-ring (bicyclic) bond motifs is 1. The Labute approximate surface area is 408 Å².